The van der Waals surface area contributed by atoms with E-state index in [0.29, 0.717) is 31.3 Å². The summed E-state index contributed by atoms with van der Waals surface area (Å²) in [6.45, 7) is 5.62. The number of hydrogen-bond acceptors (Lipinski definition) is 6. The molecule has 0 saturated carbocycles. The molecule has 0 unspecified atom stereocenters. The zero-order valence-corrected chi connectivity index (χ0v) is 16.1. The zero-order valence-electron chi connectivity index (χ0n) is 16.1. The SMILES string of the molecule is O=C(NCCCN1CCCc2ccccc21)c1cnc(N2CCOCC2)nc1. The molecule has 148 valence electrons. The predicted molar refractivity (Wildman–Crippen MR) is 109 cm³/mol. The molecule has 0 radical (unpaired) electrons. The first-order chi connectivity index (χ1) is 13.8. The van der Waals surface area contributed by atoms with Gasteiger partial charge in [0.1, 0.15) is 0 Å². The third-order valence-corrected chi connectivity index (χ3v) is 5.29. The fourth-order valence-corrected chi connectivity index (χ4v) is 3.78. The first-order valence-corrected chi connectivity index (χ1v) is 10.1. The number of fused-ring (bicyclic) bond motifs is 1. The number of benzene rings is 1. The van der Waals surface area contributed by atoms with Crippen LogP contribution in [0.15, 0.2) is 36.7 Å². The van der Waals surface area contributed by atoms with Gasteiger partial charge in [0, 0.05) is 50.8 Å². The maximum atomic E-state index is 12.3. The van der Waals surface area contributed by atoms with E-state index in [1.165, 1.54) is 17.7 Å². The molecule has 1 saturated heterocycles. The van der Waals surface area contributed by atoms with E-state index in [0.717, 1.165) is 39.0 Å². The van der Waals surface area contributed by atoms with E-state index in [1.54, 1.807) is 12.4 Å². The van der Waals surface area contributed by atoms with E-state index in [9.17, 15) is 4.79 Å². The number of carbonyl (C=O) groups is 1. The van der Waals surface area contributed by atoms with Gasteiger partial charge >= 0.3 is 0 Å². The highest BCUT2D eigenvalue weighted by Crippen LogP contribution is 2.26. The van der Waals surface area contributed by atoms with Crippen LogP contribution in [0.3, 0.4) is 0 Å². The van der Waals surface area contributed by atoms with Gasteiger partial charge in [0.25, 0.3) is 5.91 Å². The molecule has 4 rings (SSSR count). The van der Waals surface area contributed by atoms with Gasteiger partial charge < -0.3 is 19.9 Å². The van der Waals surface area contributed by atoms with Crippen LogP contribution < -0.4 is 15.1 Å². The van der Waals surface area contributed by atoms with Crippen molar-refractivity contribution in [3.05, 3.63) is 47.8 Å². The Morgan fingerprint density at radius 3 is 2.71 bits per heavy atom. The van der Waals surface area contributed by atoms with Crippen molar-refractivity contribution in [2.75, 3.05) is 55.7 Å². The second kappa shape index (κ2) is 9.01. The van der Waals surface area contributed by atoms with Crippen LogP contribution in [0.25, 0.3) is 0 Å². The lowest BCUT2D eigenvalue weighted by Crippen LogP contribution is -2.37. The van der Waals surface area contributed by atoms with Crippen LogP contribution >= 0.6 is 0 Å². The van der Waals surface area contributed by atoms with Crippen LogP contribution in [0, 0.1) is 0 Å². The highest BCUT2D eigenvalue weighted by Gasteiger charge is 2.16. The standard InChI is InChI=1S/C21H27N5O2/c27-20(18-15-23-21(24-16-18)26-11-13-28-14-12-26)22-8-4-10-25-9-3-6-17-5-1-2-7-19(17)25/h1-2,5,7,15-16H,3-4,6,8-14H2,(H,22,27). The van der Waals surface area contributed by atoms with Gasteiger partial charge in [0.2, 0.25) is 5.95 Å². The first kappa shape index (κ1) is 18.7. The number of amides is 1. The molecule has 0 bridgehead atoms. The number of anilines is 2. The maximum Gasteiger partial charge on any atom is 0.254 e. The molecular formula is C21H27N5O2. The molecular weight excluding hydrogens is 354 g/mol. The Kier molecular flexibility index (Phi) is 6.01. The molecule has 1 fully saturated rings. The molecule has 0 aliphatic carbocycles. The summed E-state index contributed by atoms with van der Waals surface area (Å²) in [6.07, 6.45) is 6.47. The van der Waals surface area contributed by atoms with Gasteiger partial charge in [0.05, 0.1) is 18.8 Å². The molecule has 2 aliphatic heterocycles. The minimum atomic E-state index is -0.118. The average Bonchev–Trinajstić information content (AvgIpc) is 2.77. The molecule has 0 spiro atoms. The monoisotopic (exact) mass is 381 g/mol. The summed E-state index contributed by atoms with van der Waals surface area (Å²) in [5, 5.41) is 2.98. The summed E-state index contributed by atoms with van der Waals surface area (Å²) in [7, 11) is 0. The molecule has 28 heavy (non-hydrogen) atoms. The summed E-state index contributed by atoms with van der Waals surface area (Å²) in [4.78, 5) is 25.5. The highest BCUT2D eigenvalue weighted by molar-refractivity contribution is 5.93. The second-order valence-electron chi connectivity index (χ2n) is 7.20. The van der Waals surface area contributed by atoms with Gasteiger partial charge in [-0.2, -0.15) is 0 Å². The van der Waals surface area contributed by atoms with Gasteiger partial charge in [-0.1, -0.05) is 18.2 Å². The lowest BCUT2D eigenvalue weighted by Gasteiger charge is -2.31. The minimum Gasteiger partial charge on any atom is -0.378 e. The normalized spacial score (nSPS) is 16.6. The third-order valence-electron chi connectivity index (χ3n) is 5.29. The number of aryl methyl sites for hydroxylation is 1. The van der Waals surface area contributed by atoms with Crippen molar-refractivity contribution in [2.45, 2.75) is 19.3 Å². The molecule has 3 heterocycles. The molecule has 1 N–H and O–H groups in total. The average molecular weight is 381 g/mol. The quantitative estimate of drug-likeness (QED) is 0.771. The van der Waals surface area contributed by atoms with Gasteiger partial charge in [-0.05, 0) is 30.9 Å². The number of nitrogens with zero attached hydrogens (tertiary/aromatic N) is 4. The van der Waals surface area contributed by atoms with Crippen molar-refractivity contribution >= 4 is 17.5 Å². The Morgan fingerprint density at radius 2 is 1.89 bits per heavy atom. The summed E-state index contributed by atoms with van der Waals surface area (Å²) < 4.78 is 5.34. The molecule has 2 aromatic rings. The van der Waals surface area contributed by atoms with Crippen molar-refractivity contribution in [2.24, 2.45) is 0 Å². The largest absolute Gasteiger partial charge is 0.378 e. The summed E-state index contributed by atoms with van der Waals surface area (Å²) in [6, 6.07) is 8.61. The molecule has 1 aromatic heterocycles. The predicted octanol–water partition coefficient (Wildman–Crippen LogP) is 1.89. The zero-order chi connectivity index (χ0) is 19.2. The van der Waals surface area contributed by atoms with Gasteiger partial charge in [0.15, 0.2) is 0 Å². The fraction of sp³-hybridized carbons (Fsp3) is 0.476. The molecule has 0 atom stereocenters. The van der Waals surface area contributed by atoms with Crippen molar-refractivity contribution in [3.8, 4) is 0 Å². The third kappa shape index (κ3) is 4.42. The molecule has 7 nitrogen and oxygen atoms in total. The smallest absolute Gasteiger partial charge is 0.254 e. The second-order valence-corrected chi connectivity index (χ2v) is 7.20. The number of hydrogen-bond donors (Lipinski definition) is 1. The van der Waals surface area contributed by atoms with E-state index < -0.39 is 0 Å². The van der Waals surface area contributed by atoms with Crippen molar-refractivity contribution in [3.63, 3.8) is 0 Å². The summed E-state index contributed by atoms with van der Waals surface area (Å²) >= 11 is 0. The van der Waals surface area contributed by atoms with Crippen LogP contribution in [-0.4, -0.2) is 61.8 Å². The number of morpholine rings is 1. The van der Waals surface area contributed by atoms with Gasteiger partial charge in [-0.25, -0.2) is 9.97 Å². The molecule has 1 amide bonds. The van der Waals surface area contributed by atoms with Crippen molar-refractivity contribution in [1.29, 1.82) is 0 Å². The molecule has 7 heteroatoms. The fourth-order valence-electron chi connectivity index (χ4n) is 3.78. The highest BCUT2D eigenvalue weighted by atomic mass is 16.5. The Morgan fingerprint density at radius 1 is 1.11 bits per heavy atom. The summed E-state index contributed by atoms with van der Waals surface area (Å²) in [5.74, 6) is 0.538. The van der Waals surface area contributed by atoms with Crippen LogP contribution in [-0.2, 0) is 11.2 Å². The van der Waals surface area contributed by atoms with Gasteiger partial charge in [-0.15, -0.1) is 0 Å². The Hall–Kier alpha value is -2.67. The number of rotatable bonds is 6. The summed E-state index contributed by atoms with van der Waals surface area (Å²) in [5.41, 5.74) is 3.27. The Balaban J connectivity index is 1.24. The van der Waals surface area contributed by atoms with E-state index >= 15 is 0 Å². The first-order valence-electron chi connectivity index (χ1n) is 10.1. The lowest BCUT2D eigenvalue weighted by molar-refractivity contribution is 0.0952. The van der Waals surface area contributed by atoms with Gasteiger partial charge in [-0.3, -0.25) is 4.79 Å². The van der Waals surface area contributed by atoms with E-state index in [2.05, 4.69) is 49.4 Å². The van der Waals surface area contributed by atoms with Crippen molar-refractivity contribution < 1.29 is 9.53 Å². The lowest BCUT2D eigenvalue weighted by atomic mass is 10.0. The van der Waals surface area contributed by atoms with E-state index in [4.69, 9.17) is 4.74 Å². The van der Waals surface area contributed by atoms with Crippen LogP contribution in [0.2, 0.25) is 0 Å². The van der Waals surface area contributed by atoms with Crippen LogP contribution in [0.5, 0.6) is 0 Å². The minimum absolute atomic E-state index is 0.118. The number of aromatic nitrogens is 2. The van der Waals surface area contributed by atoms with Crippen LogP contribution in [0.4, 0.5) is 11.6 Å². The Labute approximate surface area is 165 Å². The number of carbonyl (C=O) groups excluding carboxylic acids is 1. The number of para-hydroxylation sites is 1. The van der Waals surface area contributed by atoms with Crippen LogP contribution in [0.1, 0.15) is 28.8 Å². The van der Waals surface area contributed by atoms with E-state index in [-0.39, 0.29) is 5.91 Å². The maximum absolute atomic E-state index is 12.3. The number of nitrogens with one attached hydrogen (secondary N) is 1. The van der Waals surface area contributed by atoms with Crippen molar-refractivity contribution in [1.82, 2.24) is 15.3 Å². The van der Waals surface area contributed by atoms with E-state index in [1.807, 2.05) is 0 Å². The topological polar surface area (TPSA) is 70.6 Å². The molecule has 2 aliphatic rings. The Bertz CT molecular complexity index is 790. The molecule has 1 aromatic carbocycles. The number of ether oxygens (including phenoxy) is 1.